The highest BCUT2D eigenvalue weighted by Crippen LogP contribution is 2.13. The first kappa shape index (κ1) is 25.0. The number of hydrogen-bond acceptors (Lipinski definition) is 7. The molecule has 0 spiro atoms. The van der Waals surface area contributed by atoms with E-state index in [9.17, 15) is 24.3 Å². The van der Waals surface area contributed by atoms with Crippen LogP contribution in [0.2, 0.25) is 0 Å². The first-order valence-corrected chi connectivity index (χ1v) is 9.43. The van der Waals surface area contributed by atoms with E-state index in [1.165, 1.54) is 21.9 Å². The Kier molecular flexibility index (Phi) is 10.4. The van der Waals surface area contributed by atoms with Crippen LogP contribution in [0.4, 0.5) is 0 Å². The topological polar surface area (TPSA) is 169 Å². The van der Waals surface area contributed by atoms with Crippen LogP contribution >= 0.6 is 0 Å². The van der Waals surface area contributed by atoms with Crippen LogP contribution < -0.4 is 0 Å². The molecule has 0 unspecified atom stereocenters. The summed E-state index contributed by atoms with van der Waals surface area (Å²) in [6.07, 6.45) is 1.98. The maximum absolute atomic E-state index is 11.3. The fraction of sp³-hybridized carbons (Fsp3) is 0.526. The summed E-state index contributed by atoms with van der Waals surface area (Å²) in [4.78, 5) is 51.7. The number of carbonyl (C=O) groups is 4. The van der Waals surface area contributed by atoms with Gasteiger partial charge >= 0.3 is 23.9 Å². The smallest absolute Gasteiger partial charge is 0.354 e. The number of carboxylic acid groups (broad SMARTS) is 4. The molecular formula is C19H27N3O8. The van der Waals surface area contributed by atoms with Crippen molar-refractivity contribution in [3.63, 3.8) is 0 Å². The first-order chi connectivity index (χ1) is 14.1. The molecule has 4 N–H and O–H groups in total. The molecule has 1 atom stereocenters. The van der Waals surface area contributed by atoms with E-state index in [1.54, 1.807) is 6.07 Å². The molecule has 0 saturated carbocycles. The van der Waals surface area contributed by atoms with Gasteiger partial charge in [-0.25, -0.2) is 9.78 Å². The average Bonchev–Trinajstić information content (AvgIpc) is 2.63. The van der Waals surface area contributed by atoms with Crippen molar-refractivity contribution in [1.29, 1.82) is 0 Å². The highest BCUT2D eigenvalue weighted by Gasteiger charge is 2.26. The molecule has 0 aliphatic rings. The van der Waals surface area contributed by atoms with Crippen LogP contribution in [0.3, 0.4) is 0 Å². The summed E-state index contributed by atoms with van der Waals surface area (Å²) in [6.45, 7) is 0.667. The number of unbranched alkanes of at least 4 members (excludes halogenated alkanes) is 1. The lowest BCUT2D eigenvalue weighted by atomic mass is 10.1. The van der Waals surface area contributed by atoms with E-state index < -0.39 is 49.6 Å². The van der Waals surface area contributed by atoms with Crippen molar-refractivity contribution >= 4 is 23.9 Å². The largest absolute Gasteiger partial charge is 0.480 e. The maximum Gasteiger partial charge on any atom is 0.354 e. The highest BCUT2D eigenvalue weighted by molar-refractivity contribution is 5.85. The standard InChI is InChI=1S/C19H27N3O8/c1-2-3-6-14(22(11-17(25)26)12-18(27)28)9-21(10-16(23)24)8-13-5-4-7-15(20-13)19(29)30/h4-5,7,14H,2-3,6,8-12H2,1H3,(H,23,24)(H,25,26)(H,27,28)(H,29,30)/t14-/m0/s1. The van der Waals surface area contributed by atoms with Gasteiger partial charge in [0.25, 0.3) is 0 Å². The van der Waals surface area contributed by atoms with E-state index >= 15 is 0 Å². The van der Waals surface area contributed by atoms with E-state index in [2.05, 4.69) is 4.98 Å². The van der Waals surface area contributed by atoms with E-state index in [-0.39, 0.29) is 18.8 Å². The van der Waals surface area contributed by atoms with E-state index in [0.717, 1.165) is 6.42 Å². The van der Waals surface area contributed by atoms with Gasteiger partial charge in [-0.15, -0.1) is 0 Å². The lowest BCUT2D eigenvalue weighted by Gasteiger charge is -2.33. The van der Waals surface area contributed by atoms with Gasteiger partial charge in [0.05, 0.1) is 25.3 Å². The Morgan fingerprint density at radius 3 is 2.07 bits per heavy atom. The zero-order chi connectivity index (χ0) is 22.7. The normalized spacial score (nSPS) is 12.1. The molecular weight excluding hydrogens is 398 g/mol. The van der Waals surface area contributed by atoms with E-state index in [4.69, 9.17) is 15.3 Å². The van der Waals surface area contributed by atoms with Gasteiger partial charge in [0.15, 0.2) is 0 Å². The Bertz CT molecular complexity index is 739. The number of nitrogens with zero attached hydrogens (tertiary/aromatic N) is 3. The first-order valence-electron chi connectivity index (χ1n) is 9.43. The van der Waals surface area contributed by atoms with Crippen LogP contribution in [-0.4, -0.2) is 91.3 Å². The summed E-state index contributed by atoms with van der Waals surface area (Å²) in [6, 6.07) is 3.87. The molecule has 0 radical (unpaired) electrons. The van der Waals surface area contributed by atoms with Crippen LogP contribution in [0.15, 0.2) is 18.2 Å². The molecule has 1 aromatic heterocycles. The minimum atomic E-state index is -1.21. The van der Waals surface area contributed by atoms with Gasteiger partial charge in [-0.05, 0) is 18.6 Å². The fourth-order valence-electron chi connectivity index (χ4n) is 3.08. The molecule has 0 aromatic carbocycles. The van der Waals surface area contributed by atoms with Gasteiger partial charge in [0.2, 0.25) is 0 Å². The van der Waals surface area contributed by atoms with Crippen LogP contribution in [0.5, 0.6) is 0 Å². The minimum absolute atomic E-state index is 0.0179. The van der Waals surface area contributed by atoms with Crippen molar-refractivity contribution in [2.24, 2.45) is 0 Å². The van der Waals surface area contributed by atoms with Crippen molar-refractivity contribution in [2.45, 2.75) is 38.8 Å². The molecule has 0 bridgehead atoms. The number of carboxylic acids is 4. The van der Waals surface area contributed by atoms with Crippen LogP contribution in [0.25, 0.3) is 0 Å². The summed E-state index contributed by atoms with van der Waals surface area (Å²) in [5, 5.41) is 36.7. The maximum atomic E-state index is 11.3. The molecule has 1 rings (SSSR count). The Balaban J connectivity index is 3.10. The Morgan fingerprint density at radius 1 is 0.967 bits per heavy atom. The molecule has 0 saturated heterocycles. The third-order valence-corrected chi connectivity index (χ3v) is 4.32. The molecule has 11 nitrogen and oxygen atoms in total. The lowest BCUT2D eigenvalue weighted by molar-refractivity contribution is -0.144. The van der Waals surface area contributed by atoms with Gasteiger partial charge in [0.1, 0.15) is 5.69 Å². The number of hydrogen-bond donors (Lipinski definition) is 4. The summed E-state index contributed by atoms with van der Waals surface area (Å²) in [5.41, 5.74) is 0.164. The lowest BCUT2D eigenvalue weighted by Crippen LogP contribution is -2.48. The van der Waals surface area contributed by atoms with Crippen molar-refractivity contribution in [3.8, 4) is 0 Å². The third kappa shape index (κ3) is 9.43. The van der Waals surface area contributed by atoms with E-state index in [1.807, 2.05) is 6.92 Å². The molecule has 0 fully saturated rings. The van der Waals surface area contributed by atoms with Gasteiger partial charge in [-0.1, -0.05) is 25.8 Å². The highest BCUT2D eigenvalue weighted by atomic mass is 16.4. The quantitative estimate of drug-likeness (QED) is 0.312. The van der Waals surface area contributed by atoms with Crippen molar-refractivity contribution in [1.82, 2.24) is 14.8 Å². The Labute approximate surface area is 173 Å². The number of aromatic nitrogens is 1. The summed E-state index contributed by atoms with van der Waals surface area (Å²) >= 11 is 0. The van der Waals surface area contributed by atoms with Gasteiger partial charge in [0, 0.05) is 19.1 Å². The zero-order valence-electron chi connectivity index (χ0n) is 16.7. The third-order valence-electron chi connectivity index (χ3n) is 4.32. The summed E-state index contributed by atoms with van der Waals surface area (Å²) in [7, 11) is 0. The van der Waals surface area contributed by atoms with Gasteiger partial charge in [-0.3, -0.25) is 24.2 Å². The van der Waals surface area contributed by atoms with Crippen LogP contribution in [0, 0.1) is 0 Å². The molecule has 1 heterocycles. The molecule has 30 heavy (non-hydrogen) atoms. The summed E-state index contributed by atoms with van der Waals surface area (Å²) < 4.78 is 0. The monoisotopic (exact) mass is 425 g/mol. The number of aliphatic carboxylic acids is 3. The molecule has 0 amide bonds. The van der Waals surface area contributed by atoms with Crippen molar-refractivity contribution < 1.29 is 39.6 Å². The van der Waals surface area contributed by atoms with Crippen molar-refractivity contribution in [3.05, 3.63) is 29.6 Å². The van der Waals surface area contributed by atoms with Gasteiger partial charge < -0.3 is 20.4 Å². The Hall–Kier alpha value is -3.05. The molecule has 0 aliphatic carbocycles. The van der Waals surface area contributed by atoms with Crippen molar-refractivity contribution in [2.75, 3.05) is 26.2 Å². The van der Waals surface area contributed by atoms with Crippen LogP contribution in [-0.2, 0) is 20.9 Å². The molecule has 1 aromatic rings. The Morgan fingerprint density at radius 2 is 1.57 bits per heavy atom. The predicted molar refractivity (Wildman–Crippen MR) is 104 cm³/mol. The average molecular weight is 425 g/mol. The fourth-order valence-corrected chi connectivity index (χ4v) is 3.08. The zero-order valence-corrected chi connectivity index (χ0v) is 16.7. The molecule has 0 aliphatic heterocycles. The van der Waals surface area contributed by atoms with Gasteiger partial charge in [-0.2, -0.15) is 0 Å². The number of pyridine rings is 1. The SMILES string of the molecule is CCCC[C@@H](CN(CC(=O)O)Cc1cccc(C(=O)O)n1)N(CC(=O)O)CC(=O)O. The molecule has 166 valence electrons. The van der Waals surface area contributed by atoms with Crippen LogP contribution in [0.1, 0.15) is 42.4 Å². The predicted octanol–water partition coefficient (Wildman–Crippen LogP) is 0.696. The van der Waals surface area contributed by atoms with E-state index in [0.29, 0.717) is 18.5 Å². The molecule has 11 heteroatoms. The second-order valence-corrected chi connectivity index (χ2v) is 6.87. The summed E-state index contributed by atoms with van der Waals surface area (Å²) in [5.74, 6) is -4.70. The number of aromatic carboxylic acids is 1. The minimum Gasteiger partial charge on any atom is -0.480 e. The number of rotatable bonds is 15. The second-order valence-electron chi connectivity index (χ2n) is 6.87. The second kappa shape index (κ2) is 12.5.